The van der Waals surface area contributed by atoms with Gasteiger partial charge >= 0.3 is 0 Å². The van der Waals surface area contributed by atoms with Crippen LogP contribution >= 0.6 is 7.92 Å². The molecule has 0 atom stereocenters. The van der Waals surface area contributed by atoms with Crippen LogP contribution in [0.3, 0.4) is 0 Å². The molecule has 0 heterocycles. The van der Waals surface area contributed by atoms with E-state index in [4.69, 9.17) is 0 Å². The van der Waals surface area contributed by atoms with Gasteiger partial charge in [-0.15, -0.1) is 0 Å². The summed E-state index contributed by atoms with van der Waals surface area (Å²) in [4.78, 5) is 0. The summed E-state index contributed by atoms with van der Waals surface area (Å²) in [6.07, 6.45) is 15.0. The van der Waals surface area contributed by atoms with Gasteiger partial charge in [-0.25, -0.2) is 0 Å². The minimum Gasteiger partial charge on any atom is -0.507 e. The molecule has 1 aromatic carbocycles. The number of benzene rings is 1. The molecule has 2 aliphatic rings. The van der Waals surface area contributed by atoms with Gasteiger partial charge in [0.25, 0.3) is 0 Å². The van der Waals surface area contributed by atoms with Crippen LogP contribution in [0.25, 0.3) is 0 Å². The lowest BCUT2D eigenvalue weighted by molar-refractivity contribution is 0.480. The minimum absolute atomic E-state index is 0.421. The normalized spacial score (nSPS) is 17.4. The summed E-state index contributed by atoms with van der Waals surface area (Å²) in [6, 6.07) is 7.74. The third kappa shape index (κ3) is 2.07. The monoisotopic (exact) mass is 254 g/mol. The minimum atomic E-state index is -0.532. The van der Waals surface area contributed by atoms with Crippen LogP contribution in [-0.2, 0) is 0 Å². The van der Waals surface area contributed by atoms with Crippen LogP contribution in [0.4, 0.5) is 0 Å². The quantitative estimate of drug-likeness (QED) is 0.802. The second-order valence-corrected chi connectivity index (χ2v) is 6.71. The van der Waals surface area contributed by atoms with Gasteiger partial charge in [0.2, 0.25) is 0 Å². The first-order chi connectivity index (χ1) is 8.86. The van der Waals surface area contributed by atoms with Gasteiger partial charge in [-0.05, 0) is 37.5 Å². The van der Waals surface area contributed by atoms with E-state index in [1.807, 2.05) is 12.1 Å². The van der Waals surface area contributed by atoms with Crippen molar-refractivity contribution in [3.05, 3.63) is 71.3 Å². The second kappa shape index (κ2) is 4.96. The van der Waals surface area contributed by atoms with Crippen molar-refractivity contribution < 1.29 is 5.11 Å². The molecule has 2 heteroatoms. The topological polar surface area (TPSA) is 20.2 Å². The average Bonchev–Trinajstić information content (AvgIpc) is 3.05. The van der Waals surface area contributed by atoms with Crippen LogP contribution in [0.1, 0.15) is 12.8 Å². The molecule has 1 N–H and O–H groups in total. The molecule has 90 valence electrons. The van der Waals surface area contributed by atoms with Crippen molar-refractivity contribution in [2.45, 2.75) is 12.8 Å². The van der Waals surface area contributed by atoms with Crippen molar-refractivity contribution in [1.82, 2.24) is 0 Å². The average molecular weight is 254 g/mol. The second-order valence-electron chi connectivity index (χ2n) is 4.40. The number of allylic oxidation sites excluding steroid dienone is 8. The lowest BCUT2D eigenvalue weighted by Crippen LogP contribution is -2.03. The maximum Gasteiger partial charge on any atom is 0.123 e. The molecule has 0 saturated heterocycles. The molecule has 18 heavy (non-hydrogen) atoms. The summed E-state index contributed by atoms with van der Waals surface area (Å²) < 4.78 is 0. The molecule has 3 rings (SSSR count). The van der Waals surface area contributed by atoms with E-state index in [-0.39, 0.29) is 0 Å². The molecular formula is C16H15OP. The van der Waals surface area contributed by atoms with Crippen molar-refractivity contribution in [3.63, 3.8) is 0 Å². The molecule has 1 aromatic rings. The Hall–Kier alpha value is -1.59. The lowest BCUT2D eigenvalue weighted by Gasteiger charge is -2.22. The maximum atomic E-state index is 10.1. The highest BCUT2D eigenvalue weighted by Gasteiger charge is 2.23. The number of para-hydroxylation sites is 1. The largest absolute Gasteiger partial charge is 0.507 e. The van der Waals surface area contributed by atoms with Crippen LogP contribution in [0.15, 0.2) is 71.3 Å². The molecule has 2 aliphatic carbocycles. The molecule has 0 aliphatic heterocycles. The van der Waals surface area contributed by atoms with Gasteiger partial charge < -0.3 is 5.11 Å². The fourth-order valence-electron chi connectivity index (χ4n) is 2.35. The van der Waals surface area contributed by atoms with Crippen LogP contribution in [-0.4, -0.2) is 5.11 Å². The molecule has 0 radical (unpaired) electrons. The number of hydrogen-bond acceptors (Lipinski definition) is 1. The van der Waals surface area contributed by atoms with E-state index in [9.17, 15) is 5.11 Å². The Morgan fingerprint density at radius 1 is 0.889 bits per heavy atom. The Balaban J connectivity index is 2.03. The van der Waals surface area contributed by atoms with Gasteiger partial charge in [-0.2, -0.15) is 0 Å². The van der Waals surface area contributed by atoms with Crippen molar-refractivity contribution in [2.75, 3.05) is 0 Å². The van der Waals surface area contributed by atoms with Crippen molar-refractivity contribution in [1.29, 1.82) is 0 Å². The van der Waals surface area contributed by atoms with Gasteiger partial charge in [0.05, 0.1) is 0 Å². The van der Waals surface area contributed by atoms with Crippen LogP contribution in [0.2, 0.25) is 0 Å². The van der Waals surface area contributed by atoms with E-state index in [1.54, 1.807) is 6.07 Å². The van der Waals surface area contributed by atoms with E-state index in [0.717, 1.165) is 18.1 Å². The van der Waals surface area contributed by atoms with E-state index in [2.05, 4.69) is 42.5 Å². The van der Waals surface area contributed by atoms with Crippen LogP contribution in [0.5, 0.6) is 5.75 Å². The van der Waals surface area contributed by atoms with Crippen molar-refractivity contribution in [3.8, 4) is 5.75 Å². The zero-order valence-corrected chi connectivity index (χ0v) is 11.0. The molecule has 0 fully saturated rings. The fourth-order valence-corrected chi connectivity index (χ4v) is 4.92. The van der Waals surface area contributed by atoms with Crippen molar-refractivity contribution in [2.24, 2.45) is 0 Å². The molecule has 0 spiro atoms. The molecule has 1 nitrogen and oxygen atoms in total. The molecule has 0 unspecified atom stereocenters. The SMILES string of the molecule is Oc1ccccc1P(C1=CC=CC1)C1=CC=CC1. The summed E-state index contributed by atoms with van der Waals surface area (Å²) in [5.41, 5.74) is 0. The van der Waals surface area contributed by atoms with Gasteiger partial charge in [0, 0.05) is 5.30 Å². The Labute approximate surface area is 109 Å². The van der Waals surface area contributed by atoms with Gasteiger partial charge in [-0.3, -0.25) is 0 Å². The zero-order valence-electron chi connectivity index (χ0n) is 10.1. The summed E-state index contributed by atoms with van der Waals surface area (Å²) >= 11 is 0. The first-order valence-electron chi connectivity index (χ1n) is 6.16. The Kier molecular flexibility index (Phi) is 3.17. The molecule has 0 saturated carbocycles. The Morgan fingerprint density at radius 2 is 1.50 bits per heavy atom. The van der Waals surface area contributed by atoms with Crippen LogP contribution in [0, 0.1) is 0 Å². The first-order valence-corrected chi connectivity index (χ1v) is 7.50. The van der Waals surface area contributed by atoms with Gasteiger partial charge in [0.1, 0.15) is 5.75 Å². The first kappa shape index (κ1) is 11.5. The highest BCUT2D eigenvalue weighted by Crippen LogP contribution is 2.57. The third-order valence-electron chi connectivity index (χ3n) is 3.20. The zero-order chi connectivity index (χ0) is 12.4. The summed E-state index contributed by atoms with van der Waals surface area (Å²) in [5, 5.41) is 14.1. The predicted octanol–water partition coefficient (Wildman–Crippen LogP) is 4.19. The maximum absolute atomic E-state index is 10.1. The highest BCUT2D eigenvalue weighted by atomic mass is 31.1. The summed E-state index contributed by atoms with van der Waals surface area (Å²) in [7, 11) is -0.532. The van der Waals surface area contributed by atoms with Gasteiger partial charge in [-0.1, -0.05) is 54.7 Å². The molecule has 0 aromatic heterocycles. The van der Waals surface area contributed by atoms with Gasteiger partial charge in [0.15, 0.2) is 0 Å². The lowest BCUT2D eigenvalue weighted by atomic mass is 10.3. The smallest absolute Gasteiger partial charge is 0.123 e. The third-order valence-corrected chi connectivity index (χ3v) is 5.87. The standard InChI is InChI=1S/C16H15OP/c17-15-11-5-6-12-16(15)18(13-7-1-2-8-13)14-9-3-4-10-14/h1-7,9,11-12,17H,8,10H2. The van der Waals surface area contributed by atoms with E-state index >= 15 is 0 Å². The summed E-state index contributed by atoms with van der Waals surface area (Å²) in [6.45, 7) is 0. The number of rotatable bonds is 3. The van der Waals surface area contributed by atoms with E-state index in [0.29, 0.717) is 5.75 Å². The molecule has 0 amide bonds. The molecule has 0 bridgehead atoms. The van der Waals surface area contributed by atoms with Crippen molar-refractivity contribution >= 4 is 13.2 Å². The van der Waals surface area contributed by atoms with Crippen LogP contribution < -0.4 is 5.30 Å². The number of aromatic hydroxyl groups is 1. The highest BCUT2D eigenvalue weighted by molar-refractivity contribution is 7.73. The Bertz CT molecular complexity index is 549. The van der Waals surface area contributed by atoms with E-state index in [1.165, 1.54) is 10.6 Å². The summed E-state index contributed by atoms with van der Waals surface area (Å²) in [5.74, 6) is 0.421. The van der Waals surface area contributed by atoms with E-state index < -0.39 is 7.92 Å². The number of phenols is 1. The predicted molar refractivity (Wildman–Crippen MR) is 78.3 cm³/mol. The molecular weight excluding hydrogens is 239 g/mol. The number of phenolic OH excluding ortho intramolecular Hbond substituents is 1. The number of hydrogen-bond donors (Lipinski definition) is 1. The Morgan fingerprint density at radius 3 is 2.00 bits per heavy atom. The fraction of sp³-hybridized carbons (Fsp3) is 0.125.